The smallest absolute Gasteiger partial charge is 0.238 e. The highest BCUT2D eigenvalue weighted by atomic mass is 16.2. The van der Waals surface area contributed by atoms with Crippen LogP contribution in [-0.2, 0) is 9.59 Å². The highest BCUT2D eigenvalue weighted by molar-refractivity contribution is 5.80. The van der Waals surface area contributed by atoms with Gasteiger partial charge in [0, 0.05) is 13.3 Å². The summed E-state index contributed by atoms with van der Waals surface area (Å²) in [5.74, 6) is 1.91. The van der Waals surface area contributed by atoms with E-state index in [0.29, 0.717) is 12.3 Å². The highest BCUT2D eigenvalue weighted by Crippen LogP contribution is 2.49. The van der Waals surface area contributed by atoms with Gasteiger partial charge in [-0.3, -0.25) is 20.4 Å². The van der Waals surface area contributed by atoms with Gasteiger partial charge in [0.15, 0.2) is 0 Å². The molecule has 15 heavy (non-hydrogen) atoms. The van der Waals surface area contributed by atoms with Gasteiger partial charge in [-0.05, 0) is 37.0 Å². The summed E-state index contributed by atoms with van der Waals surface area (Å²) in [5.41, 5.74) is 4.75. The fourth-order valence-corrected chi connectivity index (χ4v) is 3.07. The maximum atomic E-state index is 11.5. The molecule has 0 aliphatic heterocycles. The van der Waals surface area contributed by atoms with Crippen molar-refractivity contribution in [2.75, 3.05) is 0 Å². The lowest BCUT2D eigenvalue weighted by molar-refractivity contribution is -0.128. The van der Waals surface area contributed by atoms with Crippen molar-refractivity contribution in [3.8, 4) is 0 Å². The van der Waals surface area contributed by atoms with Crippen LogP contribution in [0.5, 0.6) is 0 Å². The first-order chi connectivity index (χ1) is 7.15. The molecule has 0 aromatic rings. The van der Waals surface area contributed by atoms with Crippen LogP contribution in [0.2, 0.25) is 0 Å². The van der Waals surface area contributed by atoms with Gasteiger partial charge in [0.25, 0.3) is 0 Å². The normalized spacial score (nSPS) is 32.7. The zero-order valence-electron chi connectivity index (χ0n) is 9.08. The molecule has 0 spiro atoms. The van der Waals surface area contributed by atoms with Crippen molar-refractivity contribution >= 4 is 11.8 Å². The molecule has 2 rings (SSSR count). The van der Waals surface area contributed by atoms with Gasteiger partial charge < -0.3 is 0 Å². The van der Waals surface area contributed by atoms with Gasteiger partial charge in [-0.1, -0.05) is 6.42 Å². The Bertz CT molecular complexity index is 278. The summed E-state index contributed by atoms with van der Waals surface area (Å²) in [6.45, 7) is 1.39. The van der Waals surface area contributed by atoms with Gasteiger partial charge in [-0.2, -0.15) is 0 Å². The molecule has 0 saturated heterocycles. The average molecular weight is 210 g/mol. The molecule has 2 N–H and O–H groups in total. The number of hydrazine groups is 1. The van der Waals surface area contributed by atoms with Gasteiger partial charge in [-0.15, -0.1) is 0 Å². The second-order valence-corrected chi connectivity index (χ2v) is 4.87. The van der Waals surface area contributed by atoms with Gasteiger partial charge in [0.1, 0.15) is 0 Å². The minimum atomic E-state index is -0.226. The molecular formula is C11H18N2O2. The molecule has 4 heteroatoms. The molecule has 2 aliphatic carbocycles. The Morgan fingerprint density at radius 2 is 2.00 bits per heavy atom. The molecule has 2 fully saturated rings. The maximum Gasteiger partial charge on any atom is 0.238 e. The van der Waals surface area contributed by atoms with E-state index in [0.717, 1.165) is 11.8 Å². The summed E-state index contributed by atoms with van der Waals surface area (Å²) in [5, 5.41) is 0. The Hall–Kier alpha value is -1.06. The van der Waals surface area contributed by atoms with Crippen molar-refractivity contribution in [1.82, 2.24) is 10.9 Å². The van der Waals surface area contributed by atoms with Crippen LogP contribution in [-0.4, -0.2) is 11.8 Å². The van der Waals surface area contributed by atoms with Gasteiger partial charge in [0.05, 0.1) is 0 Å². The molecule has 4 nitrogen and oxygen atoms in total. The molecule has 0 radical (unpaired) electrons. The van der Waals surface area contributed by atoms with Crippen molar-refractivity contribution in [1.29, 1.82) is 0 Å². The molecule has 3 unspecified atom stereocenters. The van der Waals surface area contributed by atoms with Crippen molar-refractivity contribution in [3.05, 3.63) is 0 Å². The Balaban J connectivity index is 1.73. The predicted octanol–water partition coefficient (Wildman–Crippen LogP) is 0.980. The first-order valence-electron chi connectivity index (χ1n) is 5.70. The van der Waals surface area contributed by atoms with E-state index in [9.17, 15) is 9.59 Å². The number of amides is 2. The Morgan fingerprint density at radius 1 is 1.20 bits per heavy atom. The third-order valence-electron chi connectivity index (χ3n) is 3.71. The SMILES string of the molecule is CC(=O)NNC(=O)CC1CC2CCC1C2. The monoisotopic (exact) mass is 210 g/mol. The van der Waals surface area contributed by atoms with E-state index in [-0.39, 0.29) is 11.8 Å². The van der Waals surface area contributed by atoms with Crippen molar-refractivity contribution in [2.45, 2.75) is 39.0 Å². The highest BCUT2D eigenvalue weighted by Gasteiger charge is 2.40. The minimum Gasteiger partial charge on any atom is -0.274 e. The third kappa shape index (κ3) is 2.49. The van der Waals surface area contributed by atoms with Crippen LogP contribution in [0.25, 0.3) is 0 Å². The first-order valence-corrected chi connectivity index (χ1v) is 5.70. The topological polar surface area (TPSA) is 58.2 Å². The first kappa shape index (κ1) is 10.5. The molecule has 2 bridgehead atoms. The number of fused-ring (bicyclic) bond motifs is 2. The van der Waals surface area contributed by atoms with Gasteiger partial charge >= 0.3 is 0 Å². The molecule has 2 amide bonds. The van der Waals surface area contributed by atoms with E-state index in [1.165, 1.54) is 32.6 Å². The lowest BCUT2D eigenvalue weighted by Gasteiger charge is -2.20. The number of hydrogen-bond donors (Lipinski definition) is 2. The van der Waals surface area contributed by atoms with Crippen LogP contribution in [0, 0.1) is 17.8 Å². The van der Waals surface area contributed by atoms with Crippen LogP contribution < -0.4 is 10.9 Å². The molecule has 0 aromatic carbocycles. The number of carbonyl (C=O) groups is 2. The molecule has 2 saturated carbocycles. The van der Waals surface area contributed by atoms with E-state index in [1.807, 2.05) is 0 Å². The van der Waals surface area contributed by atoms with Crippen molar-refractivity contribution in [2.24, 2.45) is 17.8 Å². The quantitative estimate of drug-likeness (QED) is 0.667. The fourth-order valence-electron chi connectivity index (χ4n) is 3.07. The van der Waals surface area contributed by atoms with Gasteiger partial charge in [-0.25, -0.2) is 0 Å². The van der Waals surface area contributed by atoms with Crippen molar-refractivity contribution < 1.29 is 9.59 Å². The van der Waals surface area contributed by atoms with E-state index >= 15 is 0 Å². The standard InChI is InChI=1S/C11H18N2O2/c1-7(14)12-13-11(15)6-10-5-8-2-3-9(10)4-8/h8-10H,2-6H2,1H3,(H,12,14)(H,13,15). The minimum absolute atomic E-state index is 0.0530. The molecule has 2 aliphatic rings. The van der Waals surface area contributed by atoms with E-state index < -0.39 is 0 Å². The summed E-state index contributed by atoms with van der Waals surface area (Å²) >= 11 is 0. The molecular weight excluding hydrogens is 192 g/mol. The van der Waals surface area contributed by atoms with Crippen molar-refractivity contribution in [3.63, 3.8) is 0 Å². The summed E-state index contributed by atoms with van der Waals surface area (Å²) < 4.78 is 0. The molecule has 84 valence electrons. The molecule has 3 atom stereocenters. The van der Waals surface area contributed by atoms with E-state index in [4.69, 9.17) is 0 Å². The maximum absolute atomic E-state index is 11.5. The van der Waals surface area contributed by atoms with Crippen LogP contribution in [0.3, 0.4) is 0 Å². The zero-order valence-corrected chi connectivity index (χ0v) is 9.08. The van der Waals surface area contributed by atoms with Crippen LogP contribution in [0.4, 0.5) is 0 Å². The van der Waals surface area contributed by atoms with E-state index in [2.05, 4.69) is 10.9 Å². The Morgan fingerprint density at radius 3 is 2.53 bits per heavy atom. The molecule has 0 aromatic heterocycles. The second kappa shape index (κ2) is 4.21. The lowest BCUT2D eigenvalue weighted by atomic mass is 9.86. The average Bonchev–Trinajstić information content (AvgIpc) is 2.76. The summed E-state index contributed by atoms with van der Waals surface area (Å²) in [4.78, 5) is 22.0. The number of hydrogen-bond acceptors (Lipinski definition) is 2. The summed E-state index contributed by atoms with van der Waals surface area (Å²) in [7, 11) is 0. The Kier molecular flexibility index (Phi) is 2.93. The van der Waals surface area contributed by atoms with Gasteiger partial charge in [0.2, 0.25) is 11.8 Å². The zero-order chi connectivity index (χ0) is 10.8. The molecule has 0 heterocycles. The van der Waals surface area contributed by atoms with Crippen LogP contribution >= 0.6 is 0 Å². The van der Waals surface area contributed by atoms with Crippen LogP contribution in [0.15, 0.2) is 0 Å². The fraction of sp³-hybridized carbons (Fsp3) is 0.818. The van der Waals surface area contributed by atoms with Crippen LogP contribution in [0.1, 0.15) is 39.0 Å². The van der Waals surface area contributed by atoms with E-state index in [1.54, 1.807) is 0 Å². The summed E-state index contributed by atoms with van der Waals surface area (Å²) in [6.07, 6.45) is 5.74. The predicted molar refractivity (Wildman–Crippen MR) is 55.5 cm³/mol. The number of nitrogens with one attached hydrogen (secondary N) is 2. The number of rotatable bonds is 2. The largest absolute Gasteiger partial charge is 0.274 e. The lowest BCUT2D eigenvalue weighted by Crippen LogP contribution is -2.41. The Labute approximate surface area is 89.8 Å². The second-order valence-electron chi connectivity index (χ2n) is 4.87. The summed E-state index contributed by atoms with van der Waals surface area (Å²) in [6, 6.07) is 0. The third-order valence-corrected chi connectivity index (χ3v) is 3.71. The number of carbonyl (C=O) groups excluding carboxylic acids is 2.